The van der Waals surface area contributed by atoms with Crippen LogP contribution in [0.25, 0.3) is 0 Å². The Morgan fingerprint density at radius 1 is 1.29 bits per heavy atom. The van der Waals surface area contributed by atoms with Crippen LogP contribution in [0.15, 0.2) is 40.5 Å². The summed E-state index contributed by atoms with van der Waals surface area (Å²) in [7, 11) is 0. The van der Waals surface area contributed by atoms with Crippen LogP contribution >= 0.6 is 23.4 Å². The van der Waals surface area contributed by atoms with E-state index in [1.54, 1.807) is 12.1 Å². The lowest BCUT2D eigenvalue weighted by molar-refractivity contribution is -0.387. The number of piperidine rings is 1. The first-order chi connectivity index (χ1) is 11.6. The largest absolute Gasteiger partial charge is 0.348 e. The molecule has 1 unspecified atom stereocenters. The maximum atomic E-state index is 11.7. The van der Waals surface area contributed by atoms with Crippen molar-refractivity contribution in [3.05, 3.63) is 45.7 Å². The summed E-state index contributed by atoms with van der Waals surface area (Å²) < 4.78 is 0. The van der Waals surface area contributed by atoms with Gasteiger partial charge in [0.05, 0.1) is 4.92 Å². The zero-order valence-corrected chi connectivity index (χ0v) is 14.8. The van der Waals surface area contributed by atoms with Crippen molar-refractivity contribution in [1.29, 1.82) is 0 Å². The van der Waals surface area contributed by atoms with Gasteiger partial charge in [0.25, 0.3) is 0 Å². The van der Waals surface area contributed by atoms with Crippen molar-refractivity contribution < 1.29 is 4.92 Å². The molecular formula is C16H17ClN4O2S. The minimum atomic E-state index is -0.380. The summed E-state index contributed by atoms with van der Waals surface area (Å²) in [5, 5.41) is 12.7. The molecule has 2 heterocycles. The Morgan fingerprint density at radius 2 is 2.04 bits per heavy atom. The number of nitrogens with zero attached hydrogens (tertiary/aromatic N) is 4. The van der Waals surface area contributed by atoms with E-state index in [1.165, 1.54) is 18.1 Å². The summed E-state index contributed by atoms with van der Waals surface area (Å²) in [5.41, 5.74) is -0.0220. The average Bonchev–Trinajstić information content (AvgIpc) is 2.57. The number of nitro groups is 1. The Hall–Kier alpha value is -1.86. The average molecular weight is 365 g/mol. The quantitative estimate of drug-likeness (QED) is 0.449. The maximum Gasteiger partial charge on any atom is 0.343 e. The van der Waals surface area contributed by atoms with E-state index >= 15 is 0 Å². The van der Waals surface area contributed by atoms with Crippen molar-refractivity contribution in [3.8, 4) is 0 Å². The molecule has 0 saturated carbocycles. The maximum absolute atomic E-state index is 11.7. The number of hydrogen-bond acceptors (Lipinski definition) is 6. The molecule has 6 nitrogen and oxygen atoms in total. The minimum absolute atomic E-state index is 0.0220. The van der Waals surface area contributed by atoms with Crippen LogP contribution in [0.2, 0.25) is 5.02 Å². The lowest BCUT2D eigenvalue weighted by Gasteiger charge is -2.33. The molecule has 1 fully saturated rings. The van der Waals surface area contributed by atoms with E-state index in [-0.39, 0.29) is 16.7 Å². The fraction of sp³-hybridized carbons (Fsp3) is 0.375. The summed E-state index contributed by atoms with van der Waals surface area (Å²) in [6.45, 7) is 2.86. The van der Waals surface area contributed by atoms with Gasteiger partial charge in [0.1, 0.15) is 6.33 Å². The van der Waals surface area contributed by atoms with E-state index in [1.807, 2.05) is 17.0 Å². The van der Waals surface area contributed by atoms with Crippen LogP contribution in [-0.4, -0.2) is 27.5 Å². The lowest BCUT2D eigenvalue weighted by Crippen LogP contribution is -2.38. The van der Waals surface area contributed by atoms with Gasteiger partial charge in [-0.1, -0.05) is 23.4 Å². The molecule has 0 spiro atoms. The van der Waals surface area contributed by atoms with Crippen LogP contribution in [0, 0.1) is 10.1 Å². The summed E-state index contributed by atoms with van der Waals surface area (Å²) in [6, 6.07) is 7.39. The Morgan fingerprint density at radius 3 is 2.71 bits per heavy atom. The Labute approximate surface area is 149 Å². The first-order valence-electron chi connectivity index (χ1n) is 7.75. The molecule has 126 valence electrons. The molecule has 0 N–H and O–H groups in total. The normalized spacial score (nSPS) is 17.8. The molecule has 3 rings (SSSR count). The standard InChI is InChI=1S/C16H17ClN4O2S/c1-11-4-2-3-9-20(11)15-14(21(22)23)16(19-10-18-15)24-13-7-5-12(17)6-8-13/h5-8,10-11H,2-4,9H2,1H3. The van der Waals surface area contributed by atoms with Gasteiger partial charge in [0, 0.05) is 22.5 Å². The number of halogens is 1. The highest BCUT2D eigenvalue weighted by Gasteiger charge is 2.30. The first kappa shape index (κ1) is 17.0. The Bertz CT molecular complexity index is 741. The third-order valence-electron chi connectivity index (χ3n) is 4.06. The van der Waals surface area contributed by atoms with E-state index in [0.717, 1.165) is 30.7 Å². The number of benzene rings is 1. The highest BCUT2D eigenvalue weighted by Crippen LogP contribution is 2.39. The minimum Gasteiger partial charge on any atom is -0.348 e. The Kier molecular flexibility index (Phi) is 5.20. The predicted octanol–water partition coefficient (Wildman–Crippen LogP) is 4.57. The van der Waals surface area contributed by atoms with Gasteiger partial charge in [-0.25, -0.2) is 9.97 Å². The summed E-state index contributed by atoms with van der Waals surface area (Å²) in [5.74, 6) is 0.415. The molecule has 0 aliphatic carbocycles. The van der Waals surface area contributed by atoms with Crippen molar-refractivity contribution in [3.63, 3.8) is 0 Å². The van der Waals surface area contributed by atoms with Gasteiger partial charge >= 0.3 is 5.69 Å². The van der Waals surface area contributed by atoms with Crippen molar-refractivity contribution in [2.75, 3.05) is 11.4 Å². The molecule has 0 bridgehead atoms. The third-order valence-corrected chi connectivity index (χ3v) is 5.31. The lowest BCUT2D eigenvalue weighted by atomic mass is 10.0. The molecule has 0 amide bonds. The zero-order chi connectivity index (χ0) is 17.1. The van der Waals surface area contributed by atoms with Crippen LogP contribution in [0.3, 0.4) is 0 Å². The molecule has 1 aromatic carbocycles. The van der Waals surface area contributed by atoms with Crippen LogP contribution in [0.5, 0.6) is 0 Å². The predicted molar refractivity (Wildman–Crippen MR) is 94.9 cm³/mol. The number of rotatable bonds is 4. The zero-order valence-electron chi connectivity index (χ0n) is 13.2. The van der Waals surface area contributed by atoms with Gasteiger partial charge in [0.15, 0.2) is 5.03 Å². The fourth-order valence-corrected chi connectivity index (χ4v) is 3.81. The van der Waals surface area contributed by atoms with Crippen molar-refractivity contribution >= 4 is 34.9 Å². The smallest absolute Gasteiger partial charge is 0.343 e. The van der Waals surface area contributed by atoms with E-state index in [4.69, 9.17) is 11.6 Å². The molecule has 1 aromatic heterocycles. The second-order valence-electron chi connectivity index (χ2n) is 5.70. The molecule has 8 heteroatoms. The van der Waals surface area contributed by atoms with E-state index in [0.29, 0.717) is 15.9 Å². The van der Waals surface area contributed by atoms with Crippen LogP contribution in [0.1, 0.15) is 26.2 Å². The van der Waals surface area contributed by atoms with Gasteiger partial charge in [-0.2, -0.15) is 0 Å². The second kappa shape index (κ2) is 7.36. The van der Waals surface area contributed by atoms with Gasteiger partial charge < -0.3 is 4.90 Å². The molecular weight excluding hydrogens is 348 g/mol. The van der Waals surface area contributed by atoms with E-state index in [9.17, 15) is 10.1 Å². The van der Waals surface area contributed by atoms with Crippen molar-refractivity contribution in [1.82, 2.24) is 9.97 Å². The molecule has 1 aliphatic heterocycles. The molecule has 1 atom stereocenters. The van der Waals surface area contributed by atoms with E-state index < -0.39 is 0 Å². The SMILES string of the molecule is CC1CCCCN1c1ncnc(Sc2ccc(Cl)cc2)c1[N+](=O)[O-]. The van der Waals surface area contributed by atoms with Crippen LogP contribution in [-0.2, 0) is 0 Å². The first-order valence-corrected chi connectivity index (χ1v) is 8.95. The van der Waals surface area contributed by atoms with Gasteiger partial charge in [-0.3, -0.25) is 10.1 Å². The third kappa shape index (κ3) is 3.62. The summed E-state index contributed by atoms with van der Waals surface area (Å²) >= 11 is 7.14. The number of aromatic nitrogens is 2. The highest BCUT2D eigenvalue weighted by atomic mass is 35.5. The highest BCUT2D eigenvalue weighted by molar-refractivity contribution is 7.99. The van der Waals surface area contributed by atoms with E-state index in [2.05, 4.69) is 16.9 Å². The van der Waals surface area contributed by atoms with Crippen molar-refractivity contribution in [2.45, 2.75) is 42.1 Å². The monoisotopic (exact) mass is 364 g/mol. The van der Waals surface area contributed by atoms with Gasteiger partial charge in [-0.05, 0) is 50.5 Å². The molecule has 1 saturated heterocycles. The fourth-order valence-electron chi connectivity index (χ4n) is 2.83. The van der Waals surface area contributed by atoms with Crippen LogP contribution in [0.4, 0.5) is 11.5 Å². The topological polar surface area (TPSA) is 72.2 Å². The Balaban J connectivity index is 1.98. The summed E-state index contributed by atoms with van der Waals surface area (Å²) in [4.78, 5) is 22.6. The molecule has 0 radical (unpaired) electrons. The molecule has 2 aromatic rings. The number of anilines is 1. The van der Waals surface area contributed by atoms with Crippen molar-refractivity contribution in [2.24, 2.45) is 0 Å². The second-order valence-corrected chi connectivity index (χ2v) is 7.20. The van der Waals surface area contributed by atoms with Gasteiger partial charge in [0.2, 0.25) is 5.82 Å². The van der Waals surface area contributed by atoms with Crippen LogP contribution < -0.4 is 4.90 Å². The summed E-state index contributed by atoms with van der Waals surface area (Å²) in [6.07, 6.45) is 4.58. The van der Waals surface area contributed by atoms with Gasteiger partial charge in [-0.15, -0.1) is 0 Å². The molecule has 1 aliphatic rings. The molecule has 24 heavy (non-hydrogen) atoms. The number of hydrogen-bond donors (Lipinski definition) is 0.